The fourth-order valence-electron chi connectivity index (χ4n) is 2.89. The molecule has 0 fully saturated rings. The molecule has 2 aromatic carbocycles. The first-order valence-electron chi connectivity index (χ1n) is 8.18. The molecule has 0 unspecified atom stereocenters. The minimum Gasteiger partial charge on any atom is -0.497 e. The predicted octanol–water partition coefficient (Wildman–Crippen LogP) is 2.71. The third kappa shape index (κ3) is 4.49. The van der Waals surface area contributed by atoms with Crippen LogP contribution < -0.4 is 15.0 Å². The third-order valence-corrected chi connectivity index (χ3v) is 4.45. The highest BCUT2D eigenvalue weighted by Gasteiger charge is 2.22. The second-order valence-electron chi connectivity index (χ2n) is 6.18. The number of hydrogen-bond donors (Lipinski definition) is 2. The third-order valence-electron chi connectivity index (χ3n) is 4.45. The first-order chi connectivity index (χ1) is 12.1. The van der Waals surface area contributed by atoms with Crippen LogP contribution in [0.2, 0.25) is 0 Å². The van der Waals surface area contributed by atoms with Crippen LogP contribution in [0.4, 0.5) is 0 Å². The van der Waals surface area contributed by atoms with Gasteiger partial charge in [-0.1, -0.05) is 18.2 Å². The number of amides is 1. The van der Waals surface area contributed by atoms with Crippen molar-refractivity contribution in [3.8, 4) is 11.5 Å². The van der Waals surface area contributed by atoms with Crippen LogP contribution in [0.1, 0.15) is 28.4 Å². The van der Waals surface area contributed by atoms with Crippen LogP contribution >= 0.6 is 13.5 Å². The summed E-state index contributed by atoms with van der Waals surface area (Å²) in [5, 5.41) is 8.78. The second-order valence-corrected chi connectivity index (χ2v) is 6.18. The van der Waals surface area contributed by atoms with Crippen LogP contribution in [0.5, 0.6) is 11.5 Å². The van der Waals surface area contributed by atoms with Crippen molar-refractivity contribution in [3.05, 3.63) is 59.2 Å². The quantitative estimate of drug-likeness (QED) is 0.634. The number of benzene rings is 2. The maximum atomic E-state index is 11.6. The van der Waals surface area contributed by atoms with E-state index in [0.29, 0.717) is 17.9 Å². The van der Waals surface area contributed by atoms with Crippen LogP contribution in [0.25, 0.3) is 0 Å². The number of hydroxylamine groups is 1. The zero-order chi connectivity index (χ0) is 17.8. The normalized spacial score (nSPS) is 16.5. The summed E-state index contributed by atoms with van der Waals surface area (Å²) in [6.07, 6.45) is 0. The minimum atomic E-state index is -0.543. The lowest BCUT2D eigenvalue weighted by Crippen LogP contribution is -2.34. The molecular weight excluding hydrogens is 352 g/mol. The summed E-state index contributed by atoms with van der Waals surface area (Å²) in [7, 11) is 1.66. The summed E-state index contributed by atoms with van der Waals surface area (Å²) < 4.78 is 11.1. The molecule has 0 saturated heterocycles. The van der Waals surface area contributed by atoms with Crippen molar-refractivity contribution in [1.29, 1.82) is 0 Å². The number of rotatable bonds is 4. The van der Waals surface area contributed by atoms with Gasteiger partial charge in [-0.25, -0.2) is 5.48 Å². The molecule has 7 heteroatoms. The molecule has 0 radical (unpaired) electrons. The lowest BCUT2D eigenvalue weighted by molar-refractivity contribution is 0.0706. The number of methoxy groups -OCH3 is 1. The van der Waals surface area contributed by atoms with Gasteiger partial charge < -0.3 is 9.47 Å². The van der Waals surface area contributed by atoms with Gasteiger partial charge in [-0.3, -0.25) is 14.9 Å². The lowest BCUT2D eigenvalue weighted by atomic mass is 10.1. The molecule has 140 valence electrons. The number of nitrogens with zero attached hydrogens (tertiary/aromatic N) is 1. The molecule has 3 rings (SSSR count). The van der Waals surface area contributed by atoms with Gasteiger partial charge in [-0.2, -0.15) is 13.5 Å². The average Bonchev–Trinajstić information content (AvgIpc) is 2.80. The summed E-state index contributed by atoms with van der Waals surface area (Å²) >= 11 is 0. The molecule has 0 aromatic heterocycles. The molecule has 1 atom stereocenters. The van der Waals surface area contributed by atoms with Crippen molar-refractivity contribution >= 4 is 19.4 Å². The summed E-state index contributed by atoms with van der Waals surface area (Å²) in [4.78, 5) is 13.9. The molecule has 0 spiro atoms. The molecular formula is C19H24N2O4S. The smallest absolute Gasteiger partial charge is 0.274 e. The number of ether oxygens (including phenoxy) is 2. The van der Waals surface area contributed by atoms with E-state index in [1.54, 1.807) is 24.7 Å². The molecule has 6 nitrogen and oxygen atoms in total. The fourth-order valence-corrected chi connectivity index (χ4v) is 2.89. The lowest BCUT2D eigenvalue weighted by Gasteiger charge is -2.26. The molecule has 26 heavy (non-hydrogen) atoms. The van der Waals surface area contributed by atoms with Crippen molar-refractivity contribution in [1.82, 2.24) is 10.4 Å². The Morgan fingerprint density at radius 2 is 2.04 bits per heavy atom. The van der Waals surface area contributed by atoms with E-state index in [2.05, 4.69) is 24.0 Å². The first-order valence-corrected chi connectivity index (χ1v) is 8.18. The van der Waals surface area contributed by atoms with Crippen molar-refractivity contribution in [2.45, 2.75) is 26.1 Å². The Morgan fingerprint density at radius 1 is 1.31 bits per heavy atom. The Kier molecular flexibility index (Phi) is 6.90. The molecule has 1 aliphatic heterocycles. The number of nitrogens with one attached hydrogen (secondary N) is 1. The number of hydrogen-bond acceptors (Lipinski definition) is 5. The topological polar surface area (TPSA) is 71.0 Å². The Morgan fingerprint density at radius 3 is 2.69 bits per heavy atom. The summed E-state index contributed by atoms with van der Waals surface area (Å²) in [6, 6.07) is 13.5. The van der Waals surface area contributed by atoms with Gasteiger partial charge in [0.15, 0.2) is 0 Å². The summed E-state index contributed by atoms with van der Waals surface area (Å²) in [5.41, 5.74) is 4.24. The summed E-state index contributed by atoms with van der Waals surface area (Å²) in [5.74, 6) is 0.986. The van der Waals surface area contributed by atoms with Gasteiger partial charge in [-0.15, -0.1) is 0 Å². The Hall–Kier alpha value is -2.22. The van der Waals surface area contributed by atoms with E-state index in [1.165, 1.54) is 5.56 Å². The second kappa shape index (κ2) is 8.93. The van der Waals surface area contributed by atoms with E-state index < -0.39 is 5.91 Å². The maximum absolute atomic E-state index is 11.6. The van der Waals surface area contributed by atoms with Crippen molar-refractivity contribution in [2.75, 3.05) is 13.7 Å². The van der Waals surface area contributed by atoms with Crippen molar-refractivity contribution in [3.63, 3.8) is 0 Å². The van der Waals surface area contributed by atoms with Crippen LogP contribution in [0.15, 0.2) is 42.5 Å². The highest BCUT2D eigenvalue weighted by molar-refractivity contribution is 7.59. The summed E-state index contributed by atoms with van der Waals surface area (Å²) in [6.45, 7) is 4.18. The van der Waals surface area contributed by atoms with Crippen LogP contribution in [0, 0.1) is 0 Å². The van der Waals surface area contributed by atoms with E-state index >= 15 is 0 Å². The molecule has 1 heterocycles. The van der Waals surface area contributed by atoms with Gasteiger partial charge in [0, 0.05) is 30.3 Å². The molecule has 0 saturated carbocycles. The van der Waals surface area contributed by atoms with Crippen LogP contribution in [-0.4, -0.2) is 35.8 Å². The van der Waals surface area contributed by atoms with E-state index in [9.17, 15) is 4.79 Å². The predicted molar refractivity (Wildman–Crippen MR) is 103 cm³/mol. The standard InChI is InChI=1S/C19H22N2O4.H2S/c1-13-12-25-18-9-15(19(22)20-23)5-6-16(18)11-21(13)10-14-3-7-17(24-2)8-4-14;/h3-9,13,23H,10-12H2,1-2H3,(H,20,22);1H2/t13-;/m0./s1. The first kappa shape index (κ1) is 20.1. The molecule has 2 aromatic rings. The van der Waals surface area contributed by atoms with Crippen molar-refractivity contribution in [2.24, 2.45) is 0 Å². The van der Waals surface area contributed by atoms with E-state index in [1.807, 2.05) is 18.2 Å². The molecule has 0 bridgehead atoms. The number of carbonyl (C=O) groups excluding carboxylic acids is 1. The fraction of sp³-hybridized carbons (Fsp3) is 0.316. The van der Waals surface area contributed by atoms with Gasteiger partial charge in [0.05, 0.1) is 7.11 Å². The Balaban J connectivity index is 0.00000243. The molecule has 1 amide bonds. The van der Waals surface area contributed by atoms with Crippen LogP contribution in [-0.2, 0) is 13.1 Å². The van der Waals surface area contributed by atoms with Crippen LogP contribution in [0.3, 0.4) is 0 Å². The van der Waals surface area contributed by atoms with Gasteiger partial charge >= 0.3 is 0 Å². The largest absolute Gasteiger partial charge is 0.497 e. The monoisotopic (exact) mass is 376 g/mol. The van der Waals surface area contributed by atoms with E-state index in [-0.39, 0.29) is 19.5 Å². The minimum absolute atomic E-state index is 0. The molecule has 0 aliphatic carbocycles. The van der Waals surface area contributed by atoms with Gasteiger partial charge in [0.2, 0.25) is 0 Å². The Bertz CT molecular complexity index is 752. The zero-order valence-corrected chi connectivity index (χ0v) is 15.9. The van der Waals surface area contributed by atoms with E-state index in [0.717, 1.165) is 24.4 Å². The average molecular weight is 376 g/mol. The van der Waals surface area contributed by atoms with Gasteiger partial charge in [0.1, 0.15) is 18.1 Å². The molecule has 2 N–H and O–H groups in total. The Labute approximate surface area is 160 Å². The number of fused-ring (bicyclic) bond motifs is 1. The highest BCUT2D eigenvalue weighted by atomic mass is 32.1. The highest BCUT2D eigenvalue weighted by Crippen LogP contribution is 2.27. The van der Waals surface area contributed by atoms with Gasteiger partial charge in [-0.05, 0) is 36.8 Å². The van der Waals surface area contributed by atoms with Gasteiger partial charge in [0.25, 0.3) is 5.91 Å². The SMILES string of the molecule is COc1ccc(CN2Cc3ccc(C(=O)NO)cc3OC[C@@H]2C)cc1.S. The zero-order valence-electron chi connectivity index (χ0n) is 14.9. The molecule has 1 aliphatic rings. The maximum Gasteiger partial charge on any atom is 0.274 e. The van der Waals surface area contributed by atoms with E-state index in [4.69, 9.17) is 14.7 Å². The number of carbonyl (C=O) groups is 1. The van der Waals surface area contributed by atoms with Crippen molar-refractivity contribution < 1.29 is 19.5 Å².